The van der Waals surface area contributed by atoms with E-state index in [1.165, 1.54) is 0 Å². The predicted octanol–water partition coefficient (Wildman–Crippen LogP) is 2.50. The van der Waals surface area contributed by atoms with Gasteiger partial charge < -0.3 is 0 Å². The summed E-state index contributed by atoms with van der Waals surface area (Å²) >= 11 is 5.72. The summed E-state index contributed by atoms with van der Waals surface area (Å²) in [6.45, 7) is 0. The zero-order chi connectivity index (χ0) is 12.2. The van der Waals surface area contributed by atoms with Crippen molar-refractivity contribution in [3.05, 3.63) is 34.9 Å². The number of halogens is 2. The van der Waals surface area contributed by atoms with Crippen molar-refractivity contribution in [2.24, 2.45) is 0 Å². The third-order valence-corrected chi connectivity index (χ3v) is 3.02. The number of hydrogen-bond donors (Lipinski definition) is 1. The minimum absolute atomic E-state index is 0.0933. The lowest BCUT2D eigenvalue weighted by atomic mass is 10.1. The summed E-state index contributed by atoms with van der Waals surface area (Å²) in [5.74, 6) is -0.561. The largest absolute Gasteiger partial charge is 0.286 e. The molecule has 0 aliphatic heterocycles. The smallest absolute Gasteiger partial charge is 0.264 e. The van der Waals surface area contributed by atoms with Gasteiger partial charge in [0.15, 0.2) is 0 Å². The molecule has 0 amide bonds. The first kappa shape index (κ1) is 13.4. The lowest BCUT2D eigenvalue weighted by Crippen LogP contribution is -2.12. The van der Waals surface area contributed by atoms with Gasteiger partial charge in [-0.2, -0.15) is 8.42 Å². The summed E-state index contributed by atoms with van der Waals surface area (Å²) in [7, 11) is -4.09. The minimum Gasteiger partial charge on any atom is -0.286 e. The number of rotatable bonds is 5. The first-order chi connectivity index (χ1) is 7.37. The Morgan fingerprint density at radius 3 is 2.69 bits per heavy atom. The van der Waals surface area contributed by atoms with Crippen LogP contribution in [0.25, 0.3) is 0 Å². The molecule has 90 valence electrons. The fourth-order valence-electron chi connectivity index (χ4n) is 1.30. The molecular formula is C10H12ClFO3S. The van der Waals surface area contributed by atoms with Gasteiger partial charge in [0.05, 0.1) is 5.75 Å². The zero-order valence-corrected chi connectivity index (χ0v) is 10.0. The van der Waals surface area contributed by atoms with Gasteiger partial charge >= 0.3 is 0 Å². The fourth-order valence-corrected chi connectivity index (χ4v) is 2.07. The lowest BCUT2D eigenvalue weighted by molar-refractivity contribution is 0.320. The summed E-state index contributed by atoms with van der Waals surface area (Å²) in [6, 6.07) is 6.72. The maximum atomic E-state index is 13.3. The molecule has 0 bridgehead atoms. The van der Waals surface area contributed by atoms with Gasteiger partial charge in [0.1, 0.15) is 6.17 Å². The van der Waals surface area contributed by atoms with E-state index in [1.54, 1.807) is 24.3 Å². The van der Waals surface area contributed by atoms with E-state index in [-0.39, 0.29) is 12.8 Å². The predicted molar refractivity (Wildman–Crippen MR) is 61.1 cm³/mol. The first-order valence-electron chi connectivity index (χ1n) is 4.70. The van der Waals surface area contributed by atoms with E-state index in [2.05, 4.69) is 0 Å². The molecule has 1 N–H and O–H groups in total. The molecule has 1 unspecified atom stereocenters. The van der Waals surface area contributed by atoms with Crippen molar-refractivity contribution in [1.29, 1.82) is 0 Å². The van der Waals surface area contributed by atoms with E-state index in [0.29, 0.717) is 10.6 Å². The highest BCUT2D eigenvalue weighted by molar-refractivity contribution is 7.85. The highest BCUT2D eigenvalue weighted by atomic mass is 35.5. The maximum absolute atomic E-state index is 13.3. The summed E-state index contributed by atoms with van der Waals surface area (Å²) in [5.41, 5.74) is 0.704. The van der Waals surface area contributed by atoms with Gasteiger partial charge in [-0.15, -0.1) is 0 Å². The molecule has 0 saturated carbocycles. The summed E-state index contributed by atoms with van der Waals surface area (Å²) in [5, 5.41) is 0.513. The van der Waals surface area contributed by atoms with Crippen molar-refractivity contribution in [3.8, 4) is 0 Å². The molecule has 0 saturated heterocycles. The van der Waals surface area contributed by atoms with Crippen LogP contribution in [0, 0.1) is 0 Å². The van der Waals surface area contributed by atoms with Crippen molar-refractivity contribution in [1.82, 2.24) is 0 Å². The highest BCUT2D eigenvalue weighted by Gasteiger charge is 2.13. The molecule has 6 heteroatoms. The van der Waals surface area contributed by atoms with Gasteiger partial charge in [0.25, 0.3) is 10.1 Å². The molecule has 0 heterocycles. The minimum atomic E-state index is -4.09. The van der Waals surface area contributed by atoms with Crippen LogP contribution in [-0.4, -0.2) is 24.9 Å². The first-order valence-corrected chi connectivity index (χ1v) is 6.69. The van der Waals surface area contributed by atoms with E-state index in [4.69, 9.17) is 16.2 Å². The molecular weight excluding hydrogens is 255 g/mol. The molecule has 0 spiro atoms. The maximum Gasteiger partial charge on any atom is 0.264 e. The second kappa shape index (κ2) is 5.61. The third kappa shape index (κ3) is 5.44. The monoisotopic (exact) mass is 266 g/mol. The fraction of sp³-hybridized carbons (Fsp3) is 0.400. The molecule has 0 aliphatic rings. The second-order valence-electron chi connectivity index (χ2n) is 3.51. The molecule has 1 aromatic carbocycles. The molecule has 16 heavy (non-hydrogen) atoms. The normalized spacial score (nSPS) is 13.7. The Bertz CT molecular complexity index is 447. The molecule has 3 nitrogen and oxygen atoms in total. The van der Waals surface area contributed by atoms with Crippen LogP contribution in [0.2, 0.25) is 5.02 Å². The van der Waals surface area contributed by atoms with Gasteiger partial charge in [-0.05, 0) is 24.1 Å². The van der Waals surface area contributed by atoms with E-state index in [9.17, 15) is 12.8 Å². The molecule has 0 fully saturated rings. The standard InChI is InChI=1S/C10H12ClFO3S/c11-9-3-1-2-8(6-9)7-10(12)4-5-16(13,14)15/h1-3,6,10H,4-5,7H2,(H,13,14,15). The van der Waals surface area contributed by atoms with Gasteiger partial charge in [-0.1, -0.05) is 23.7 Å². The average molecular weight is 267 g/mol. The van der Waals surface area contributed by atoms with E-state index in [0.717, 1.165) is 0 Å². The Morgan fingerprint density at radius 1 is 1.44 bits per heavy atom. The van der Waals surface area contributed by atoms with Crippen LogP contribution in [0.3, 0.4) is 0 Å². The van der Waals surface area contributed by atoms with Gasteiger partial charge in [-0.3, -0.25) is 4.55 Å². The quantitative estimate of drug-likeness (QED) is 0.833. The Balaban J connectivity index is 2.49. The molecule has 1 rings (SSSR count). The summed E-state index contributed by atoms with van der Waals surface area (Å²) in [4.78, 5) is 0. The number of benzene rings is 1. The average Bonchev–Trinajstić information content (AvgIpc) is 2.14. The van der Waals surface area contributed by atoms with Gasteiger partial charge in [0, 0.05) is 11.4 Å². The zero-order valence-electron chi connectivity index (χ0n) is 8.44. The van der Waals surface area contributed by atoms with Gasteiger partial charge in [0.2, 0.25) is 0 Å². The molecule has 0 radical (unpaired) electrons. The van der Waals surface area contributed by atoms with Crippen LogP contribution >= 0.6 is 11.6 Å². The number of alkyl halides is 1. The van der Waals surface area contributed by atoms with Crippen LogP contribution in [0.1, 0.15) is 12.0 Å². The van der Waals surface area contributed by atoms with Crippen molar-refractivity contribution in [2.45, 2.75) is 19.0 Å². The molecule has 0 aliphatic carbocycles. The van der Waals surface area contributed by atoms with Crippen molar-refractivity contribution >= 4 is 21.7 Å². The second-order valence-corrected chi connectivity index (χ2v) is 5.51. The van der Waals surface area contributed by atoms with Crippen LogP contribution < -0.4 is 0 Å². The molecule has 1 aromatic rings. The van der Waals surface area contributed by atoms with Crippen molar-refractivity contribution in [3.63, 3.8) is 0 Å². The topological polar surface area (TPSA) is 54.4 Å². The summed E-state index contributed by atoms with van der Waals surface area (Å²) < 4.78 is 42.6. The third-order valence-electron chi connectivity index (χ3n) is 2.04. The molecule has 0 aromatic heterocycles. The van der Waals surface area contributed by atoms with E-state index < -0.39 is 22.0 Å². The van der Waals surface area contributed by atoms with Crippen molar-refractivity contribution in [2.75, 3.05) is 5.75 Å². The van der Waals surface area contributed by atoms with Crippen LogP contribution in [0.15, 0.2) is 24.3 Å². The Hall–Kier alpha value is -0.650. The number of hydrogen-bond acceptors (Lipinski definition) is 2. The van der Waals surface area contributed by atoms with E-state index in [1.807, 2.05) is 0 Å². The summed E-state index contributed by atoms with van der Waals surface area (Å²) in [6.07, 6.45) is -1.43. The van der Waals surface area contributed by atoms with Crippen LogP contribution in [0.5, 0.6) is 0 Å². The van der Waals surface area contributed by atoms with E-state index >= 15 is 0 Å². The Labute approximate surface area is 99.0 Å². The molecule has 1 atom stereocenters. The van der Waals surface area contributed by atoms with Gasteiger partial charge in [-0.25, -0.2) is 4.39 Å². The van der Waals surface area contributed by atoms with Crippen LogP contribution in [-0.2, 0) is 16.5 Å². The van der Waals surface area contributed by atoms with Crippen molar-refractivity contribution < 1.29 is 17.4 Å². The highest BCUT2D eigenvalue weighted by Crippen LogP contribution is 2.15. The lowest BCUT2D eigenvalue weighted by Gasteiger charge is -2.07. The Kier molecular flexibility index (Phi) is 4.70. The SMILES string of the molecule is O=S(=O)(O)CCC(F)Cc1cccc(Cl)c1. The Morgan fingerprint density at radius 2 is 2.12 bits per heavy atom. The van der Waals surface area contributed by atoms with Crippen LogP contribution in [0.4, 0.5) is 4.39 Å².